The maximum atomic E-state index is 11.0. The molecule has 3 rings (SSSR count). The van der Waals surface area contributed by atoms with Crippen LogP contribution in [0.3, 0.4) is 0 Å². The van der Waals surface area contributed by atoms with E-state index in [1.54, 1.807) is 18.2 Å². The van der Waals surface area contributed by atoms with Gasteiger partial charge in [0.2, 0.25) is 0 Å². The van der Waals surface area contributed by atoms with Crippen LogP contribution in [0.5, 0.6) is 6.01 Å². The van der Waals surface area contributed by atoms with Gasteiger partial charge in [-0.15, -0.1) is 0 Å². The van der Waals surface area contributed by atoms with E-state index in [1.165, 1.54) is 4.68 Å². The molecule has 1 N–H and O–H groups in total. The van der Waals surface area contributed by atoms with Crippen LogP contribution in [-0.4, -0.2) is 37.0 Å². The van der Waals surface area contributed by atoms with Gasteiger partial charge in [0.1, 0.15) is 0 Å². The zero-order chi connectivity index (χ0) is 15.5. The van der Waals surface area contributed by atoms with Crippen LogP contribution in [0.15, 0.2) is 33.6 Å². The Labute approximate surface area is 124 Å². The molecule has 0 atom stereocenters. The summed E-state index contributed by atoms with van der Waals surface area (Å²) in [4.78, 5) is 13.5. The van der Waals surface area contributed by atoms with E-state index in [0.717, 1.165) is 0 Å². The van der Waals surface area contributed by atoms with Gasteiger partial charge in [-0.25, -0.2) is 4.79 Å². The molecule has 0 bridgehead atoms. The highest BCUT2D eigenvalue weighted by atomic mass is 16.5. The van der Waals surface area contributed by atoms with E-state index in [0.29, 0.717) is 35.6 Å². The molecule has 0 aliphatic heterocycles. The molecule has 0 amide bonds. The van der Waals surface area contributed by atoms with Gasteiger partial charge in [-0.2, -0.15) is 4.68 Å². The van der Waals surface area contributed by atoms with Crippen molar-refractivity contribution < 1.29 is 9.26 Å². The Bertz CT molecular complexity index is 819. The molecule has 0 saturated carbocycles. The van der Waals surface area contributed by atoms with Crippen LogP contribution < -0.4 is 10.5 Å². The summed E-state index contributed by atoms with van der Waals surface area (Å²) in [5.41, 5.74) is 1.36. The Hall–Kier alpha value is -2.97. The summed E-state index contributed by atoms with van der Waals surface area (Å²) in [5, 5.41) is 15.1. The molecule has 9 heteroatoms. The van der Waals surface area contributed by atoms with Gasteiger partial charge in [0.25, 0.3) is 0 Å². The highest BCUT2D eigenvalue weighted by Gasteiger charge is 2.12. The highest BCUT2D eigenvalue weighted by molar-refractivity contribution is 5.58. The van der Waals surface area contributed by atoms with Crippen molar-refractivity contribution in [2.24, 2.45) is 5.92 Å². The van der Waals surface area contributed by atoms with Crippen LogP contribution >= 0.6 is 0 Å². The molecule has 114 valence electrons. The minimum atomic E-state index is -0.608. The maximum Gasteiger partial charge on any atom is 0.439 e. The summed E-state index contributed by atoms with van der Waals surface area (Å²) in [7, 11) is 0. The maximum absolute atomic E-state index is 11.0. The van der Waals surface area contributed by atoms with Crippen LogP contribution in [0, 0.1) is 5.92 Å². The highest BCUT2D eigenvalue weighted by Crippen LogP contribution is 2.20. The molecule has 0 aliphatic carbocycles. The number of hydrogen-bond acceptors (Lipinski definition) is 7. The molecule has 0 saturated heterocycles. The van der Waals surface area contributed by atoms with E-state index < -0.39 is 5.76 Å². The van der Waals surface area contributed by atoms with Gasteiger partial charge in [0.05, 0.1) is 12.3 Å². The van der Waals surface area contributed by atoms with Crippen molar-refractivity contribution in [3.63, 3.8) is 0 Å². The Balaban J connectivity index is 1.93. The summed E-state index contributed by atoms with van der Waals surface area (Å²) in [5.74, 6) is 0.0880. The SMILES string of the molecule is CC(C)COc1nnnn1-c1cccc(-c2noc(=O)[nH]2)c1. The summed E-state index contributed by atoms with van der Waals surface area (Å²) in [6.07, 6.45) is 0. The molecule has 0 fully saturated rings. The molecule has 1 aromatic carbocycles. The molecule has 0 aliphatic rings. The first kappa shape index (κ1) is 14.0. The zero-order valence-electron chi connectivity index (χ0n) is 12.1. The Morgan fingerprint density at radius 1 is 1.41 bits per heavy atom. The summed E-state index contributed by atoms with van der Waals surface area (Å²) >= 11 is 0. The molecule has 22 heavy (non-hydrogen) atoms. The van der Waals surface area contributed by atoms with E-state index >= 15 is 0 Å². The number of nitrogens with one attached hydrogen (secondary N) is 1. The van der Waals surface area contributed by atoms with Crippen molar-refractivity contribution in [1.82, 2.24) is 30.3 Å². The second-order valence-electron chi connectivity index (χ2n) is 5.07. The van der Waals surface area contributed by atoms with Crippen molar-refractivity contribution in [1.29, 1.82) is 0 Å². The second-order valence-corrected chi connectivity index (χ2v) is 5.07. The molecular formula is C13H14N6O3. The van der Waals surface area contributed by atoms with Crippen molar-refractivity contribution in [3.8, 4) is 23.1 Å². The lowest BCUT2D eigenvalue weighted by molar-refractivity contribution is 0.244. The first-order valence-electron chi connectivity index (χ1n) is 6.71. The quantitative estimate of drug-likeness (QED) is 0.749. The smallest absolute Gasteiger partial charge is 0.439 e. The van der Waals surface area contributed by atoms with Gasteiger partial charge in [-0.05, 0) is 28.5 Å². The number of benzene rings is 1. The first-order valence-corrected chi connectivity index (χ1v) is 6.71. The molecular weight excluding hydrogens is 288 g/mol. The molecule has 2 aromatic heterocycles. The average molecular weight is 302 g/mol. The second kappa shape index (κ2) is 5.80. The van der Waals surface area contributed by atoms with Crippen LogP contribution in [0.2, 0.25) is 0 Å². The molecule has 3 aromatic rings. The minimum absolute atomic E-state index is 0.305. The lowest BCUT2D eigenvalue weighted by Crippen LogP contribution is -2.09. The normalized spacial score (nSPS) is 11.0. The van der Waals surface area contributed by atoms with Crippen LogP contribution in [0.25, 0.3) is 17.1 Å². The topological polar surface area (TPSA) is 112 Å². The number of H-pyrrole nitrogens is 1. The van der Waals surface area contributed by atoms with E-state index in [1.807, 2.05) is 19.9 Å². The van der Waals surface area contributed by atoms with E-state index in [-0.39, 0.29) is 0 Å². The van der Waals surface area contributed by atoms with Crippen LogP contribution in [0.4, 0.5) is 0 Å². The number of aromatic amines is 1. The fraction of sp³-hybridized carbons (Fsp3) is 0.308. The largest absolute Gasteiger partial charge is 0.462 e. The number of aromatic nitrogens is 6. The van der Waals surface area contributed by atoms with Gasteiger partial charge in [-0.3, -0.25) is 9.51 Å². The van der Waals surface area contributed by atoms with Crippen LogP contribution in [0.1, 0.15) is 13.8 Å². The Morgan fingerprint density at radius 3 is 3.00 bits per heavy atom. The van der Waals surface area contributed by atoms with Crippen LogP contribution in [-0.2, 0) is 0 Å². The van der Waals surface area contributed by atoms with Gasteiger partial charge in [0.15, 0.2) is 5.82 Å². The molecule has 0 spiro atoms. The predicted octanol–water partition coefficient (Wildman–Crippen LogP) is 1.04. The third-order valence-electron chi connectivity index (χ3n) is 2.79. The van der Waals surface area contributed by atoms with E-state index in [9.17, 15) is 4.79 Å². The molecule has 0 radical (unpaired) electrons. The molecule has 0 unspecified atom stereocenters. The van der Waals surface area contributed by atoms with Gasteiger partial charge in [-0.1, -0.05) is 36.2 Å². The lowest BCUT2D eigenvalue weighted by Gasteiger charge is -2.08. The van der Waals surface area contributed by atoms with Crippen molar-refractivity contribution >= 4 is 0 Å². The van der Waals surface area contributed by atoms with Gasteiger partial charge < -0.3 is 4.74 Å². The van der Waals surface area contributed by atoms with E-state index in [2.05, 4.69) is 30.2 Å². The number of hydrogen-bond donors (Lipinski definition) is 1. The third kappa shape index (κ3) is 2.87. The van der Waals surface area contributed by atoms with Crippen molar-refractivity contribution in [3.05, 3.63) is 34.8 Å². The van der Waals surface area contributed by atoms with Crippen molar-refractivity contribution in [2.75, 3.05) is 6.61 Å². The molecule has 9 nitrogen and oxygen atoms in total. The third-order valence-corrected chi connectivity index (χ3v) is 2.79. The minimum Gasteiger partial charge on any atom is -0.462 e. The monoisotopic (exact) mass is 302 g/mol. The average Bonchev–Trinajstić information content (AvgIpc) is 3.14. The fourth-order valence-electron chi connectivity index (χ4n) is 1.81. The van der Waals surface area contributed by atoms with Gasteiger partial charge >= 0.3 is 11.8 Å². The van der Waals surface area contributed by atoms with E-state index in [4.69, 9.17) is 4.74 Å². The zero-order valence-corrected chi connectivity index (χ0v) is 12.1. The fourth-order valence-corrected chi connectivity index (χ4v) is 1.81. The summed E-state index contributed by atoms with van der Waals surface area (Å²) in [6.45, 7) is 4.59. The number of ether oxygens (including phenoxy) is 1. The molecule has 2 heterocycles. The summed E-state index contributed by atoms with van der Waals surface area (Å²) < 4.78 is 11.6. The summed E-state index contributed by atoms with van der Waals surface area (Å²) in [6, 6.07) is 7.48. The number of nitrogens with zero attached hydrogens (tertiary/aromatic N) is 5. The standard InChI is InChI=1S/C13H14N6O3/c1-8(2)7-21-12-15-17-18-19(12)10-5-3-4-9(6-10)11-14-13(20)22-16-11/h3-6,8H,7H2,1-2H3,(H,14,16,20). The van der Waals surface area contributed by atoms with Gasteiger partial charge in [0, 0.05) is 5.56 Å². The first-order chi connectivity index (χ1) is 10.6. The predicted molar refractivity (Wildman–Crippen MR) is 75.6 cm³/mol. The Kier molecular flexibility index (Phi) is 3.69. The lowest BCUT2D eigenvalue weighted by atomic mass is 10.2. The number of rotatable bonds is 5. The Morgan fingerprint density at radius 2 is 2.27 bits per heavy atom. The number of tetrazole rings is 1. The van der Waals surface area contributed by atoms with Crippen molar-refractivity contribution in [2.45, 2.75) is 13.8 Å².